The molecule has 0 amide bonds. The molecule has 6 nitrogen and oxygen atoms in total. The molecule has 1 aromatic rings. The van der Waals surface area contributed by atoms with Crippen molar-refractivity contribution in [2.24, 2.45) is 10.7 Å². The third-order valence-corrected chi connectivity index (χ3v) is 4.51. The molecule has 1 fully saturated rings. The lowest BCUT2D eigenvalue weighted by atomic mass is 10.2. The molecule has 130 valence electrons. The summed E-state index contributed by atoms with van der Waals surface area (Å²) in [4.78, 5) is 4.09. The van der Waals surface area contributed by atoms with E-state index in [0.29, 0.717) is 6.54 Å². The number of guanidine groups is 1. The van der Waals surface area contributed by atoms with Crippen LogP contribution in [0.3, 0.4) is 0 Å². The van der Waals surface area contributed by atoms with Gasteiger partial charge < -0.3 is 15.8 Å². The van der Waals surface area contributed by atoms with Crippen LogP contribution >= 0.6 is 24.0 Å². The van der Waals surface area contributed by atoms with Crippen LogP contribution in [0.4, 0.5) is 4.39 Å². The smallest absolute Gasteiger partial charge is 0.189 e. The fourth-order valence-corrected chi connectivity index (χ4v) is 2.82. The van der Waals surface area contributed by atoms with E-state index in [0.717, 1.165) is 31.8 Å². The first-order valence-electron chi connectivity index (χ1n) is 7.00. The lowest BCUT2D eigenvalue weighted by Gasteiger charge is -2.11. The first-order chi connectivity index (χ1) is 10.4. The number of nitrogens with two attached hydrogens (primary N) is 1. The number of hydrogen-bond acceptors (Lipinski definition) is 4. The van der Waals surface area contributed by atoms with Crippen LogP contribution in [-0.2, 0) is 21.1 Å². The number of aliphatic imine (C=N–C) groups is 1. The fraction of sp³-hybridized carbons (Fsp3) is 0.500. The molecule has 1 heterocycles. The Morgan fingerprint density at radius 1 is 1.52 bits per heavy atom. The standard InChI is InChI=1S/C14H20FN3O3S.HI/c1-22(19,20)12-4-5-13(15)10(7-12)8-17-14(16)18-9-11-3-2-6-21-11;/h4-5,7,11H,2-3,6,8-9H2,1H3,(H3,16,17,18);1H. The van der Waals surface area contributed by atoms with Crippen molar-refractivity contribution in [3.05, 3.63) is 29.6 Å². The Hall–Kier alpha value is -0.940. The molecule has 9 heteroatoms. The highest BCUT2D eigenvalue weighted by Crippen LogP contribution is 2.16. The number of nitrogens with zero attached hydrogens (tertiary/aromatic N) is 1. The Kier molecular flexibility index (Phi) is 7.68. The minimum atomic E-state index is -3.38. The molecule has 1 aromatic carbocycles. The lowest BCUT2D eigenvalue weighted by Crippen LogP contribution is -2.37. The quantitative estimate of drug-likeness (QED) is 0.302. The Bertz CT molecular complexity index is 661. The van der Waals surface area contributed by atoms with E-state index in [4.69, 9.17) is 10.5 Å². The van der Waals surface area contributed by atoms with E-state index in [9.17, 15) is 12.8 Å². The van der Waals surface area contributed by atoms with Gasteiger partial charge in [-0.2, -0.15) is 0 Å². The number of benzene rings is 1. The van der Waals surface area contributed by atoms with Crippen molar-refractivity contribution in [1.82, 2.24) is 5.32 Å². The Labute approximate surface area is 152 Å². The Balaban J connectivity index is 0.00000264. The van der Waals surface area contributed by atoms with E-state index >= 15 is 0 Å². The molecule has 3 N–H and O–H groups in total. The average Bonchev–Trinajstić information content (AvgIpc) is 2.96. The van der Waals surface area contributed by atoms with Crippen molar-refractivity contribution in [2.75, 3.05) is 19.4 Å². The maximum Gasteiger partial charge on any atom is 0.189 e. The number of sulfone groups is 1. The van der Waals surface area contributed by atoms with Crippen molar-refractivity contribution < 1.29 is 17.5 Å². The molecule has 1 saturated heterocycles. The van der Waals surface area contributed by atoms with Crippen LogP contribution < -0.4 is 11.1 Å². The van der Waals surface area contributed by atoms with Gasteiger partial charge in [-0.05, 0) is 31.0 Å². The van der Waals surface area contributed by atoms with Crippen LogP contribution in [0.15, 0.2) is 28.1 Å². The second kappa shape index (κ2) is 8.78. The van der Waals surface area contributed by atoms with Crippen molar-refractivity contribution in [3.63, 3.8) is 0 Å². The second-order valence-electron chi connectivity index (χ2n) is 5.24. The van der Waals surface area contributed by atoms with Crippen LogP contribution in [0.1, 0.15) is 18.4 Å². The lowest BCUT2D eigenvalue weighted by molar-refractivity contribution is 0.114. The van der Waals surface area contributed by atoms with Crippen LogP contribution in [0.5, 0.6) is 0 Å². The Morgan fingerprint density at radius 2 is 2.26 bits per heavy atom. The normalized spacial score (nSPS) is 18.5. The summed E-state index contributed by atoms with van der Waals surface area (Å²) in [5.41, 5.74) is 5.90. The van der Waals surface area contributed by atoms with E-state index in [1.807, 2.05) is 0 Å². The monoisotopic (exact) mass is 457 g/mol. The topological polar surface area (TPSA) is 93.8 Å². The maximum atomic E-state index is 13.7. The highest BCUT2D eigenvalue weighted by molar-refractivity contribution is 14.0. The van der Waals surface area contributed by atoms with Crippen molar-refractivity contribution in [3.8, 4) is 0 Å². The molecule has 0 aliphatic carbocycles. The van der Waals surface area contributed by atoms with Gasteiger partial charge in [0.25, 0.3) is 0 Å². The first-order valence-corrected chi connectivity index (χ1v) is 8.89. The minimum Gasteiger partial charge on any atom is -0.376 e. The maximum absolute atomic E-state index is 13.7. The number of halogens is 2. The predicted octanol–water partition coefficient (Wildman–Crippen LogP) is 1.43. The SMILES string of the molecule is CS(=O)(=O)c1ccc(F)c(CN=C(N)NCC2CCCO2)c1.I. The van der Waals surface area contributed by atoms with Crippen LogP contribution in [0.25, 0.3) is 0 Å². The Morgan fingerprint density at radius 3 is 2.87 bits per heavy atom. The van der Waals surface area contributed by atoms with Crippen molar-refractivity contribution in [1.29, 1.82) is 0 Å². The summed E-state index contributed by atoms with van der Waals surface area (Å²) in [6, 6.07) is 3.63. The van der Waals surface area contributed by atoms with Gasteiger partial charge in [-0.1, -0.05) is 0 Å². The summed E-state index contributed by atoms with van der Waals surface area (Å²) in [5.74, 6) is -0.331. The molecule has 0 radical (unpaired) electrons. The van der Waals surface area contributed by atoms with Gasteiger partial charge in [-0.25, -0.2) is 17.8 Å². The zero-order valence-corrected chi connectivity index (χ0v) is 15.9. The van der Waals surface area contributed by atoms with Gasteiger partial charge in [0.1, 0.15) is 5.82 Å². The number of rotatable bonds is 5. The molecular weight excluding hydrogens is 436 g/mol. The summed E-state index contributed by atoms with van der Waals surface area (Å²) in [6.07, 6.45) is 3.21. The molecule has 23 heavy (non-hydrogen) atoms. The molecule has 1 atom stereocenters. The van der Waals surface area contributed by atoms with Gasteiger partial charge in [0.2, 0.25) is 0 Å². The summed E-state index contributed by atoms with van der Waals surface area (Å²) in [5, 5.41) is 2.92. The van der Waals surface area contributed by atoms with Gasteiger partial charge in [0.15, 0.2) is 15.8 Å². The third-order valence-electron chi connectivity index (χ3n) is 3.40. The summed E-state index contributed by atoms with van der Waals surface area (Å²) < 4.78 is 42.1. The van der Waals surface area contributed by atoms with Crippen LogP contribution in [-0.4, -0.2) is 39.9 Å². The second-order valence-corrected chi connectivity index (χ2v) is 7.26. The molecule has 0 bridgehead atoms. The number of hydrogen-bond donors (Lipinski definition) is 2. The number of nitrogens with one attached hydrogen (secondary N) is 1. The van der Waals surface area contributed by atoms with E-state index in [2.05, 4.69) is 10.3 Å². The van der Waals surface area contributed by atoms with E-state index in [1.54, 1.807) is 0 Å². The molecule has 1 aliphatic heterocycles. The number of ether oxygens (including phenoxy) is 1. The van der Waals surface area contributed by atoms with Gasteiger partial charge in [-0.15, -0.1) is 24.0 Å². The summed E-state index contributed by atoms with van der Waals surface area (Å²) in [7, 11) is -3.38. The largest absolute Gasteiger partial charge is 0.376 e. The highest BCUT2D eigenvalue weighted by Gasteiger charge is 2.15. The van der Waals surface area contributed by atoms with Gasteiger partial charge >= 0.3 is 0 Å². The zero-order valence-electron chi connectivity index (χ0n) is 12.8. The molecule has 1 aliphatic rings. The summed E-state index contributed by atoms with van der Waals surface area (Å²) >= 11 is 0. The average molecular weight is 457 g/mol. The van der Waals surface area contributed by atoms with Gasteiger partial charge in [0.05, 0.1) is 17.5 Å². The van der Waals surface area contributed by atoms with Crippen LogP contribution in [0, 0.1) is 5.82 Å². The minimum absolute atomic E-state index is 0. The van der Waals surface area contributed by atoms with Crippen molar-refractivity contribution in [2.45, 2.75) is 30.4 Å². The van der Waals surface area contributed by atoms with E-state index in [1.165, 1.54) is 12.1 Å². The third kappa shape index (κ3) is 6.22. The first kappa shape index (κ1) is 20.1. The van der Waals surface area contributed by atoms with Crippen molar-refractivity contribution >= 4 is 39.8 Å². The molecular formula is C14H21FIN3O3S. The predicted molar refractivity (Wildman–Crippen MR) is 97.2 cm³/mol. The molecule has 2 rings (SSSR count). The molecule has 0 aromatic heterocycles. The molecule has 1 unspecified atom stereocenters. The van der Waals surface area contributed by atoms with E-state index < -0.39 is 15.7 Å². The molecule has 0 saturated carbocycles. The van der Waals surface area contributed by atoms with E-state index in [-0.39, 0.29) is 53.0 Å². The van der Waals surface area contributed by atoms with Gasteiger partial charge in [-0.3, -0.25) is 0 Å². The summed E-state index contributed by atoms with van der Waals surface area (Å²) in [6.45, 7) is 1.29. The fourth-order valence-electron chi connectivity index (χ4n) is 2.15. The molecule has 0 spiro atoms. The zero-order chi connectivity index (χ0) is 16.2. The highest BCUT2D eigenvalue weighted by atomic mass is 127. The van der Waals surface area contributed by atoms with Gasteiger partial charge in [0, 0.05) is 25.0 Å². The van der Waals surface area contributed by atoms with Crippen LogP contribution in [0.2, 0.25) is 0 Å².